The van der Waals surface area contributed by atoms with Crippen molar-refractivity contribution < 1.29 is 22.9 Å². The average molecular weight is 468 g/mol. The minimum atomic E-state index is -4.04. The molecular weight excluding hydrogens is 438 g/mol. The third-order valence-corrected chi connectivity index (χ3v) is 8.00. The van der Waals surface area contributed by atoms with E-state index < -0.39 is 38.6 Å². The molecule has 1 heterocycles. The van der Waals surface area contributed by atoms with Crippen LogP contribution in [0.25, 0.3) is 0 Å². The molecule has 0 bridgehead atoms. The lowest BCUT2D eigenvalue weighted by Gasteiger charge is -2.36. The number of sulfonamides is 1. The number of imide groups is 1. The summed E-state index contributed by atoms with van der Waals surface area (Å²) in [6, 6.07) is 4.20. The molecule has 1 aromatic carbocycles. The first-order valence-electron chi connectivity index (χ1n) is 10.8. The van der Waals surface area contributed by atoms with Crippen LogP contribution in [-0.4, -0.2) is 72.7 Å². The number of para-hydroxylation sites is 1. The summed E-state index contributed by atoms with van der Waals surface area (Å²) in [5, 5.41) is 16.4. The van der Waals surface area contributed by atoms with Gasteiger partial charge in [-0.15, -0.1) is 0 Å². The molecule has 0 aromatic heterocycles. The van der Waals surface area contributed by atoms with E-state index in [1.54, 1.807) is 11.8 Å². The highest BCUT2D eigenvalue weighted by Gasteiger charge is 2.35. The molecule has 11 nitrogen and oxygen atoms in total. The van der Waals surface area contributed by atoms with Gasteiger partial charge in [0, 0.05) is 38.3 Å². The molecule has 3 rings (SSSR count). The molecule has 1 aliphatic heterocycles. The molecule has 1 atom stereocenters. The Bertz CT molecular complexity index is 955. The van der Waals surface area contributed by atoms with E-state index in [9.17, 15) is 28.1 Å². The predicted molar refractivity (Wildman–Crippen MR) is 116 cm³/mol. The second kappa shape index (κ2) is 10.4. The second-order valence-electron chi connectivity index (χ2n) is 8.14. The number of nitro groups is 1. The van der Waals surface area contributed by atoms with E-state index in [0.29, 0.717) is 0 Å². The molecule has 32 heavy (non-hydrogen) atoms. The molecule has 2 aliphatic rings. The van der Waals surface area contributed by atoms with Crippen LogP contribution >= 0.6 is 0 Å². The number of piperazine rings is 1. The van der Waals surface area contributed by atoms with Gasteiger partial charge >= 0.3 is 6.03 Å². The first kappa shape index (κ1) is 24.1. The number of nitro benzene ring substituents is 1. The molecule has 0 spiro atoms. The zero-order valence-corrected chi connectivity index (χ0v) is 18.8. The lowest BCUT2D eigenvalue weighted by molar-refractivity contribution is -0.387. The first-order chi connectivity index (χ1) is 15.2. The predicted octanol–water partition coefficient (Wildman–Crippen LogP) is 1.45. The zero-order valence-electron chi connectivity index (χ0n) is 18.0. The van der Waals surface area contributed by atoms with E-state index in [4.69, 9.17) is 0 Å². The zero-order chi connectivity index (χ0) is 23.3. The van der Waals surface area contributed by atoms with E-state index >= 15 is 0 Å². The van der Waals surface area contributed by atoms with Crippen LogP contribution in [0.15, 0.2) is 29.2 Å². The number of nitrogens with one attached hydrogen (secondary N) is 2. The Kier molecular flexibility index (Phi) is 7.80. The van der Waals surface area contributed by atoms with E-state index in [-0.39, 0.29) is 37.1 Å². The summed E-state index contributed by atoms with van der Waals surface area (Å²) in [6.07, 6.45) is 5.11. The normalized spacial score (nSPS) is 19.8. The maximum Gasteiger partial charge on any atom is 0.321 e. The molecular formula is C20H29N5O6S. The minimum Gasteiger partial charge on any atom is -0.335 e. The summed E-state index contributed by atoms with van der Waals surface area (Å²) >= 11 is 0. The van der Waals surface area contributed by atoms with Crippen molar-refractivity contribution in [2.24, 2.45) is 0 Å². The smallest absolute Gasteiger partial charge is 0.321 e. The average Bonchev–Trinajstić information content (AvgIpc) is 2.79. The van der Waals surface area contributed by atoms with Gasteiger partial charge in [-0.1, -0.05) is 31.4 Å². The third-order valence-electron chi connectivity index (χ3n) is 6.06. The fourth-order valence-electron chi connectivity index (χ4n) is 4.15. The highest BCUT2D eigenvalue weighted by atomic mass is 32.2. The topological polar surface area (TPSA) is 142 Å². The molecule has 2 fully saturated rings. The quantitative estimate of drug-likeness (QED) is 0.476. The fraction of sp³-hybridized carbons (Fsp3) is 0.600. The van der Waals surface area contributed by atoms with Gasteiger partial charge < -0.3 is 5.32 Å². The monoisotopic (exact) mass is 467 g/mol. The number of benzene rings is 1. The number of hydrogen-bond donors (Lipinski definition) is 2. The van der Waals surface area contributed by atoms with E-state index in [2.05, 4.69) is 10.6 Å². The molecule has 0 radical (unpaired) electrons. The summed E-state index contributed by atoms with van der Waals surface area (Å²) < 4.78 is 27.0. The van der Waals surface area contributed by atoms with Gasteiger partial charge in [-0.2, -0.15) is 4.31 Å². The van der Waals surface area contributed by atoms with Gasteiger partial charge in [-0.25, -0.2) is 13.2 Å². The Balaban J connectivity index is 1.55. The lowest BCUT2D eigenvalue weighted by atomic mass is 9.96. The number of carbonyl (C=O) groups is 2. The number of nitrogens with zero attached hydrogens (tertiary/aromatic N) is 3. The van der Waals surface area contributed by atoms with Crippen molar-refractivity contribution in [1.29, 1.82) is 0 Å². The molecule has 1 saturated carbocycles. The van der Waals surface area contributed by atoms with Crippen LogP contribution in [0.5, 0.6) is 0 Å². The van der Waals surface area contributed by atoms with Gasteiger partial charge in [-0.05, 0) is 25.8 Å². The molecule has 1 aromatic rings. The Morgan fingerprint density at radius 1 is 1.09 bits per heavy atom. The molecule has 3 amide bonds. The Morgan fingerprint density at radius 3 is 2.34 bits per heavy atom. The number of rotatable bonds is 6. The van der Waals surface area contributed by atoms with Crippen LogP contribution < -0.4 is 10.6 Å². The summed E-state index contributed by atoms with van der Waals surface area (Å²) in [5.74, 6) is -0.451. The molecule has 2 N–H and O–H groups in total. The van der Waals surface area contributed by atoms with Crippen LogP contribution in [0.3, 0.4) is 0 Å². The van der Waals surface area contributed by atoms with Crippen molar-refractivity contribution in [2.45, 2.75) is 56.0 Å². The van der Waals surface area contributed by atoms with Crippen molar-refractivity contribution in [3.8, 4) is 0 Å². The second-order valence-corrected chi connectivity index (χ2v) is 10.0. The van der Waals surface area contributed by atoms with Gasteiger partial charge in [0.05, 0.1) is 11.0 Å². The van der Waals surface area contributed by atoms with Crippen molar-refractivity contribution in [3.05, 3.63) is 34.4 Å². The minimum absolute atomic E-state index is 0.0836. The Hall–Kier alpha value is -2.57. The van der Waals surface area contributed by atoms with Crippen LogP contribution in [0.4, 0.5) is 10.5 Å². The van der Waals surface area contributed by atoms with Crippen LogP contribution in [-0.2, 0) is 14.8 Å². The van der Waals surface area contributed by atoms with Gasteiger partial charge in [0.2, 0.25) is 15.9 Å². The first-order valence-corrected chi connectivity index (χ1v) is 12.2. The van der Waals surface area contributed by atoms with Gasteiger partial charge in [0.25, 0.3) is 5.69 Å². The summed E-state index contributed by atoms with van der Waals surface area (Å²) in [4.78, 5) is 36.6. The summed E-state index contributed by atoms with van der Waals surface area (Å²) in [7, 11) is -4.04. The van der Waals surface area contributed by atoms with Crippen molar-refractivity contribution >= 4 is 27.6 Å². The molecule has 1 unspecified atom stereocenters. The van der Waals surface area contributed by atoms with E-state index in [0.717, 1.165) is 38.2 Å². The van der Waals surface area contributed by atoms with Crippen LogP contribution in [0.1, 0.15) is 39.0 Å². The Labute approximate surface area is 187 Å². The number of carbonyl (C=O) groups excluding carboxylic acids is 2. The van der Waals surface area contributed by atoms with Crippen LogP contribution in [0, 0.1) is 10.1 Å². The van der Waals surface area contributed by atoms with Crippen molar-refractivity contribution in [1.82, 2.24) is 19.8 Å². The summed E-state index contributed by atoms with van der Waals surface area (Å²) in [5.41, 5.74) is -0.466. The lowest BCUT2D eigenvalue weighted by Crippen LogP contribution is -2.56. The molecule has 12 heteroatoms. The maximum atomic E-state index is 12.9. The van der Waals surface area contributed by atoms with E-state index in [1.165, 1.54) is 22.5 Å². The van der Waals surface area contributed by atoms with Gasteiger partial charge in [-0.3, -0.25) is 25.1 Å². The third kappa shape index (κ3) is 5.61. The molecule has 176 valence electrons. The Morgan fingerprint density at radius 2 is 1.72 bits per heavy atom. The largest absolute Gasteiger partial charge is 0.335 e. The number of urea groups is 1. The maximum absolute atomic E-state index is 12.9. The standard InChI is InChI=1S/C20H29N5O6S/c1-15(19(26)22-20(27)21-16-7-3-2-4-8-16)23-11-13-24(14-12-23)32(30,31)18-10-6-5-9-17(18)25(28)29/h5-6,9-10,15-16H,2-4,7-8,11-14H2,1H3,(H2,21,22,26,27). The highest BCUT2D eigenvalue weighted by Crippen LogP contribution is 2.27. The fourth-order valence-corrected chi connectivity index (χ4v) is 5.73. The molecule has 1 aliphatic carbocycles. The van der Waals surface area contributed by atoms with Crippen molar-refractivity contribution in [2.75, 3.05) is 26.2 Å². The van der Waals surface area contributed by atoms with Gasteiger partial charge in [0.15, 0.2) is 4.90 Å². The SMILES string of the molecule is CC(C(=O)NC(=O)NC1CCCCC1)N1CCN(S(=O)(=O)c2ccccc2[N+](=O)[O-])CC1. The van der Waals surface area contributed by atoms with E-state index in [1.807, 2.05) is 0 Å². The van der Waals surface area contributed by atoms with Crippen molar-refractivity contribution in [3.63, 3.8) is 0 Å². The van der Waals surface area contributed by atoms with Gasteiger partial charge in [0.1, 0.15) is 0 Å². The van der Waals surface area contributed by atoms with Crippen LogP contribution in [0.2, 0.25) is 0 Å². The summed E-state index contributed by atoms with van der Waals surface area (Å²) in [6.45, 7) is 2.35. The highest BCUT2D eigenvalue weighted by molar-refractivity contribution is 7.89. The number of amides is 3. The molecule has 1 saturated heterocycles. The number of hydrogen-bond acceptors (Lipinski definition) is 7.